The van der Waals surface area contributed by atoms with Gasteiger partial charge in [-0.05, 0) is 32.2 Å². The van der Waals surface area contributed by atoms with E-state index in [1.807, 2.05) is 0 Å². The zero-order valence-corrected chi connectivity index (χ0v) is 13.5. The fourth-order valence-corrected chi connectivity index (χ4v) is 1.97. The molecule has 1 unspecified atom stereocenters. The highest BCUT2D eigenvalue weighted by Gasteiger charge is 2.26. The molecule has 0 aromatic rings. The van der Waals surface area contributed by atoms with Crippen LogP contribution in [0.4, 0.5) is 0 Å². The van der Waals surface area contributed by atoms with Crippen LogP contribution >= 0.6 is 0 Å². The normalized spacial score (nSPS) is 14.5. The van der Waals surface area contributed by atoms with E-state index in [0.717, 1.165) is 26.2 Å². The van der Waals surface area contributed by atoms with Gasteiger partial charge in [-0.15, -0.1) is 0 Å². The minimum Gasteiger partial charge on any atom is -0.383 e. The van der Waals surface area contributed by atoms with E-state index in [0.29, 0.717) is 12.1 Å². The maximum Gasteiger partial charge on any atom is 0.0589 e. The summed E-state index contributed by atoms with van der Waals surface area (Å²) in [6, 6.07) is 1.09. The van der Waals surface area contributed by atoms with Crippen LogP contribution in [0.3, 0.4) is 0 Å². The molecule has 0 aliphatic carbocycles. The van der Waals surface area contributed by atoms with Gasteiger partial charge in [-0.3, -0.25) is 4.90 Å². The zero-order chi connectivity index (χ0) is 14.2. The highest BCUT2D eigenvalue weighted by molar-refractivity contribution is 4.84. The summed E-state index contributed by atoms with van der Waals surface area (Å²) in [7, 11) is 1.77. The van der Waals surface area contributed by atoms with Crippen molar-refractivity contribution in [2.24, 2.45) is 5.41 Å². The van der Waals surface area contributed by atoms with Crippen molar-refractivity contribution >= 4 is 0 Å². The molecule has 0 aromatic carbocycles. The number of rotatable bonds is 9. The third-order valence-corrected chi connectivity index (χ3v) is 3.42. The van der Waals surface area contributed by atoms with Gasteiger partial charge in [-0.2, -0.15) is 0 Å². The fraction of sp³-hybridized carbons (Fsp3) is 1.00. The van der Waals surface area contributed by atoms with E-state index < -0.39 is 0 Å². The average molecular weight is 258 g/mol. The number of hydrogen-bond acceptors (Lipinski definition) is 3. The van der Waals surface area contributed by atoms with Crippen LogP contribution in [0.5, 0.6) is 0 Å². The lowest BCUT2D eigenvalue weighted by molar-refractivity contribution is 0.102. The van der Waals surface area contributed by atoms with Crippen LogP contribution in [-0.2, 0) is 4.74 Å². The maximum atomic E-state index is 5.21. The van der Waals surface area contributed by atoms with Crippen LogP contribution in [0, 0.1) is 5.41 Å². The first-order valence-electron chi connectivity index (χ1n) is 7.29. The molecule has 0 rings (SSSR count). The second-order valence-electron chi connectivity index (χ2n) is 6.45. The van der Waals surface area contributed by atoms with Crippen LogP contribution in [0.1, 0.15) is 48.0 Å². The second kappa shape index (κ2) is 8.89. The van der Waals surface area contributed by atoms with Gasteiger partial charge in [0.2, 0.25) is 0 Å². The molecule has 0 aromatic heterocycles. The van der Waals surface area contributed by atoms with Crippen molar-refractivity contribution in [3.05, 3.63) is 0 Å². The average Bonchev–Trinajstić information content (AvgIpc) is 2.26. The standard InChI is InChI=1S/C15H34N2O/c1-8-9-16-14(15(4,5)6)12-17(13(2)3)10-11-18-7/h13-14,16H,8-12H2,1-7H3. The molecule has 3 heteroatoms. The SMILES string of the molecule is CCCNC(CN(CCOC)C(C)C)C(C)(C)C. The predicted octanol–water partition coefficient (Wildman–Crippen LogP) is 2.76. The molecule has 0 fully saturated rings. The minimum atomic E-state index is 0.287. The van der Waals surface area contributed by atoms with E-state index in [1.54, 1.807) is 7.11 Å². The van der Waals surface area contributed by atoms with Gasteiger partial charge >= 0.3 is 0 Å². The van der Waals surface area contributed by atoms with E-state index in [-0.39, 0.29) is 5.41 Å². The van der Waals surface area contributed by atoms with Crippen molar-refractivity contribution in [3.63, 3.8) is 0 Å². The van der Waals surface area contributed by atoms with Crippen molar-refractivity contribution in [1.29, 1.82) is 0 Å². The summed E-state index contributed by atoms with van der Waals surface area (Å²) in [5.41, 5.74) is 0.287. The molecule has 0 bridgehead atoms. The third kappa shape index (κ3) is 7.34. The summed E-state index contributed by atoms with van der Waals surface area (Å²) < 4.78 is 5.21. The summed E-state index contributed by atoms with van der Waals surface area (Å²) >= 11 is 0. The first-order valence-corrected chi connectivity index (χ1v) is 7.29. The number of ether oxygens (including phenoxy) is 1. The lowest BCUT2D eigenvalue weighted by atomic mass is 9.86. The van der Waals surface area contributed by atoms with Crippen LogP contribution in [0.15, 0.2) is 0 Å². The summed E-state index contributed by atoms with van der Waals surface area (Å²) in [4.78, 5) is 2.50. The number of nitrogens with zero attached hydrogens (tertiary/aromatic N) is 1. The number of hydrogen-bond donors (Lipinski definition) is 1. The van der Waals surface area contributed by atoms with Gasteiger partial charge in [0, 0.05) is 32.3 Å². The summed E-state index contributed by atoms with van der Waals surface area (Å²) in [6.45, 7) is 17.7. The van der Waals surface area contributed by atoms with Gasteiger partial charge < -0.3 is 10.1 Å². The molecular formula is C15H34N2O. The molecule has 0 heterocycles. The zero-order valence-electron chi connectivity index (χ0n) is 13.5. The third-order valence-electron chi connectivity index (χ3n) is 3.42. The molecule has 0 amide bonds. The Morgan fingerprint density at radius 3 is 2.22 bits per heavy atom. The van der Waals surface area contributed by atoms with Gasteiger partial charge in [0.1, 0.15) is 0 Å². The molecule has 0 saturated carbocycles. The summed E-state index contributed by atoms with van der Waals surface area (Å²) in [5.74, 6) is 0. The van der Waals surface area contributed by atoms with Crippen molar-refractivity contribution in [2.45, 2.75) is 60.0 Å². The Balaban J connectivity index is 4.49. The van der Waals surface area contributed by atoms with Crippen LogP contribution in [0.2, 0.25) is 0 Å². The van der Waals surface area contributed by atoms with E-state index in [4.69, 9.17) is 4.74 Å². The van der Waals surface area contributed by atoms with Gasteiger partial charge in [-0.1, -0.05) is 27.7 Å². The molecule has 0 radical (unpaired) electrons. The molecular weight excluding hydrogens is 224 g/mol. The largest absolute Gasteiger partial charge is 0.383 e. The molecule has 0 saturated heterocycles. The van der Waals surface area contributed by atoms with Crippen molar-refractivity contribution in [3.8, 4) is 0 Å². The lowest BCUT2D eigenvalue weighted by Crippen LogP contribution is -2.51. The smallest absolute Gasteiger partial charge is 0.0589 e. The molecule has 1 atom stereocenters. The predicted molar refractivity (Wildman–Crippen MR) is 80.1 cm³/mol. The Bertz CT molecular complexity index is 199. The number of nitrogens with one attached hydrogen (secondary N) is 1. The Morgan fingerprint density at radius 1 is 1.22 bits per heavy atom. The molecule has 18 heavy (non-hydrogen) atoms. The highest BCUT2D eigenvalue weighted by atomic mass is 16.5. The van der Waals surface area contributed by atoms with Crippen molar-refractivity contribution in [2.75, 3.05) is 33.4 Å². The Labute approximate surface area is 114 Å². The molecule has 1 N–H and O–H groups in total. The highest BCUT2D eigenvalue weighted by Crippen LogP contribution is 2.21. The molecule has 0 aliphatic heterocycles. The quantitative estimate of drug-likeness (QED) is 0.688. The minimum absolute atomic E-state index is 0.287. The Morgan fingerprint density at radius 2 is 1.83 bits per heavy atom. The molecule has 0 spiro atoms. The van der Waals surface area contributed by atoms with Gasteiger partial charge in [0.05, 0.1) is 6.61 Å². The van der Waals surface area contributed by atoms with Gasteiger partial charge in [-0.25, -0.2) is 0 Å². The Kier molecular flexibility index (Phi) is 8.83. The molecule has 110 valence electrons. The van der Waals surface area contributed by atoms with Crippen LogP contribution in [-0.4, -0.2) is 50.3 Å². The summed E-state index contributed by atoms with van der Waals surface area (Å²) in [6.07, 6.45) is 1.19. The topological polar surface area (TPSA) is 24.5 Å². The van der Waals surface area contributed by atoms with Crippen molar-refractivity contribution in [1.82, 2.24) is 10.2 Å². The number of methoxy groups -OCH3 is 1. The maximum absolute atomic E-state index is 5.21. The summed E-state index contributed by atoms with van der Waals surface area (Å²) in [5, 5.41) is 3.69. The lowest BCUT2D eigenvalue weighted by Gasteiger charge is -2.37. The van der Waals surface area contributed by atoms with E-state index in [9.17, 15) is 0 Å². The van der Waals surface area contributed by atoms with E-state index in [1.165, 1.54) is 6.42 Å². The van der Waals surface area contributed by atoms with Gasteiger partial charge in [0.15, 0.2) is 0 Å². The second-order valence-corrected chi connectivity index (χ2v) is 6.45. The Hall–Kier alpha value is -0.120. The monoisotopic (exact) mass is 258 g/mol. The van der Waals surface area contributed by atoms with Crippen molar-refractivity contribution < 1.29 is 4.74 Å². The first kappa shape index (κ1) is 17.9. The molecule has 0 aliphatic rings. The first-order chi connectivity index (χ1) is 8.32. The van der Waals surface area contributed by atoms with E-state index >= 15 is 0 Å². The fourth-order valence-electron chi connectivity index (χ4n) is 1.97. The van der Waals surface area contributed by atoms with E-state index in [2.05, 4.69) is 51.8 Å². The van der Waals surface area contributed by atoms with Crippen LogP contribution in [0.25, 0.3) is 0 Å². The molecule has 3 nitrogen and oxygen atoms in total. The van der Waals surface area contributed by atoms with Crippen LogP contribution < -0.4 is 5.32 Å². The van der Waals surface area contributed by atoms with Gasteiger partial charge in [0.25, 0.3) is 0 Å².